The molecule has 0 bridgehead atoms. The van der Waals surface area contributed by atoms with Gasteiger partial charge in [0.25, 0.3) is 0 Å². The highest BCUT2D eigenvalue weighted by molar-refractivity contribution is 5.79. The molecule has 1 heterocycles. The molecule has 0 radical (unpaired) electrons. The second kappa shape index (κ2) is 5.53. The average molecular weight is 225 g/mol. The Morgan fingerprint density at radius 3 is 2.41 bits per heavy atom. The zero-order valence-corrected chi connectivity index (χ0v) is 10.5. The first-order valence-electron chi connectivity index (χ1n) is 6.21. The van der Waals surface area contributed by atoms with Crippen molar-refractivity contribution in [1.29, 1.82) is 0 Å². The van der Waals surface area contributed by atoms with Gasteiger partial charge >= 0.3 is 0 Å². The van der Waals surface area contributed by atoms with Crippen molar-refractivity contribution in [3.05, 3.63) is 46.8 Å². The maximum Gasteiger partial charge on any atom is 0.0461 e. The lowest BCUT2D eigenvalue weighted by atomic mass is 10.0. The lowest BCUT2D eigenvalue weighted by Gasteiger charge is -1.99. The summed E-state index contributed by atoms with van der Waals surface area (Å²) in [5, 5.41) is 0. The molecule has 0 aliphatic heterocycles. The fourth-order valence-corrected chi connectivity index (χ4v) is 2.12. The first-order valence-corrected chi connectivity index (χ1v) is 6.21. The van der Waals surface area contributed by atoms with E-state index >= 15 is 0 Å². The normalized spacial score (nSPS) is 17.3. The molecule has 1 aromatic rings. The summed E-state index contributed by atoms with van der Waals surface area (Å²) in [6.07, 6.45) is 19.6. The van der Waals surface area contributed by atoms with Gasteiger partial charge in [0.05, 0.1) is 0 Å². The maximum atomic E-state index is 3.48. The van der Waals surface area contributed by atoms with Crippen molar-refractivity contribution in [2.45, 2.75) is 26.7 Å². The highest BCUT2D eigenvalue weighted by Gasteiger charge is 2.10. The van der Waals surface area contributed by atoms with E-state index in [2.05, 4.69) is 60.5 Å². The molecule has 0 fully saturated rings. The van der Waals surface area contributed by atoms with Crippen molar-refractivity contribution in [1.82, 2.24) is 4.98 Å². The lowest BCUT2D eigenvalue weighted by Crippen LogP contribution is -1.81. The van der Waals surface area contributed by atoms with Gasteiger partial charge in [-0.3, -0.25) is 0 Å². The van der Waals surface area contributed by atoms with Crippen molar-refractivity contribution in [3.8, 4) is 0 Å². The smallest absolute Gasteiger partial charge is 0.0461 e. The predicted octanol–water partition coefficient (Wildman–Crippen LogP) is 4.90. The molecule has 0 spiro atoms. The molecule has 0 amide bonds. The van der Waals surface area contributed by atoms with Crippen molar-refractivity contribution < 1.29 is 0 Å². The maximum absolute atomic E-state index is 3.48. The van der Waals surface area contributed by atoms with E-state index in [1.807, 2.05) is 6.92 Å². The lowest BCUT2D eigenvalue weighted by molar-refractivity contribution is 1.06. The van der Waals surface area contributed by atoms with Crippen LogP contribution < -0.4 is 0 Å². The molecular weight excluding hydrogens is 206 g/mol. The van der Waals surface area contributed by atoms with Gasteiger partial charge in [0.15, 0.2) is 0 Å². The molecule has 1 aromatic heterocycles. The third-order valence-electron chi connectivity index (χ3n) is 2.88. The van der Waals surface area contributed by atoms with Crippen molar-refractivity contribution in [2.75, 3.05) is 0 Å². The van der Waals surface area contributed by atoms with Crippen LogP contribution in [0.25, 0.3) is 24.3 Å². The quantitative estimate of drug-likeness (QED) is 0.736. The van der Waals surface area contributed by atoms with Gasteiger partial charge in [0.2, 0.25) is 0 Å². The fourth-order valence-electron chi connectivity index (χ4n) is 2.12. The Labute approximate surface area is 103 Å². The van der Waals surface area contributed by atoms with E-state index in [1.165, 1.54) is 22.5 Å². The third-order valence-corrected chi connectivity index (χ3v) is 2.88. The minimum atomic E-state index is 1.12. The topological polar surface area (TPSA) is 15.8 Å². The highest BCUT2D eigenvalue weighted by Crippen LogP contribution is 2.26. The minimum Gasteiger partial charge on any atom is -0.355 e. The van der Waals surface area contributed by atoms with E-state index < -0.39 is 0 Å². The second-order valence-electron chi connectivity index (χ2n) is 4.16. The summed E-state index contributed by atoms with van der Waals surface area (Å²) in [6.45, 7) is 4.10. The molecule has 17 heavy (non-hydrogen) atoms. The van der Waals surface area contributed by atoms with Crippen LogP contribution in [0.3, 0.4) is 0 Å². The van der Waals surface area contributed by atoms with Crippen LogP contribution in [0.5, 0.6) is 0 Å². The van der Waals surface area contributed by atoms with Gasteiger partial charge in [-0.05, 0) is 38.8 Å². The number of fused-ring (bicyclic) bond motifs is 1. The summed E-state index contributed by atoms with van der Waals surface area (Å²) in [7, 11) is 0. The zero-order valence-electron chi connectivity index (χ0n) is 10.5. The molecule has 0 saturated heterocycles. The number of allylic oxidation sites excluding steroid dienone is 4. The number of rotatable bonds is 2. The number of H-pyrrole nitrogens is 1. The SMILES string of the molecule is C/C=C\c1[nH]c2c(c1/C=C\C)/C=C\CCC=C2. The number of aromatic amines is 1. The number of hydrogen-bond donors (Lipinski definition) is 1. The second-order valence-corrected chi connectivity index (χ2v) is 4.16. The van der Waals surface area contributed by atoms with E-state index in [4.69, 9.17) is 0 Å². The Hall–Kier alpha value is -1.76. The van der Waals surface area contributed by atoms with Gasteiger partial charge in [-0.25, -0.2) is 0 Å². The summed E-state index contributed by atoms with van der Waals surface area (Å²) in [5.41, 5.74) is 4.98. The molecule has 1 heteroatoms. The molecule has 1 aliphatic carbocycles. The molecule has 1 nitrogen and oxygen atoms in total. The summed E-state index contributed by atoms with van der Waals surface area (Å²) in [4.78, 5) is 3.48. The Bertz CT molecular complexity index is 485. The van der Waals surface area contributed by atoms with Gasteiger partial charge in [-0.1, -0.05) is 36.5 Å². The van der Waals surface area contributed by atoms with E-state index in [1.54, 1.807) is 0 Å². The summed E-state index contributed by atoms with van der Waals surface area (Å²) in [5.74, 6) is 0. The summed E-state index contributed by atoms with van der Waals surface area (Å²) < 4.78 is 0. The molecule has 0 aromatic carbocycles. The number of aromatic nitrogens is 1. The van der Waals surface area contributed by atoms with E-state index in [-0.39, 0.29) is 0 Å². The van der Waals surface area contributed by atoms with Crippen LogP contribution in [-0.2, 0) is 0 Å². The molecule has 1 aliphatic rings. The molecule has 0 saturated carbocycles. The zero-order chi connectivity index (χ0) is 12.1. The number of hydrogen-bond acceptors (Lipinski definition) is 0. The Balaban J connectivity index is 2.60. The fraction of sp³-hybridized carbons (Fsp3) is 0.250. The molecular formula is C16H19N. The van der Waals surface area contributed by atoms with Crippen molar-refractivity contribution >= 4 is 24.3 Å². The third kappa shape index (κ3) is 2.50. The van der Waals surface area contributed by atoms with Gasteiger partial charge in [-0.2, -0.15) is 0 Å². The largest absolute Gasteiger partial charge is 0.355 e. The van der Waals surface area contributed by atoms with Crippen LogP contribution in [0.15, 0.2) is 24.3 Å². The van der Waals surface area contributed by atoms with Crippen LogP contribution in [-0.4, -0.2) is 4.98 Å². The van der Waals surface area contributed by atoms with E-state index in [9.17, 15) is 0 Å². The van der Waals surface area contributed by atoms with E-state index in [0.29, 0.717) is 0 Å². The first kappa shape index (κ1) is 11.7. The Morgan fingerprint density at radius 1 is 1.00 bits per heavy atom. The van der Waals surface area contributed by atoms with Crippen LogP contribution in [0.2, 0.25) is 0 Å². The molecule has 88 valence electrons. The Morgan fingerprint density at radius 2 is 1.71 bits per heavy atom. The average Bonchev–Trinajstić information content (AvgIpc) is 2.58. The van der Waals surface area contributed by atoms with Crippen molar-refractivity contribution in [2.24, 2.45) is 0 Å². The van der Waals surface area contributed by atoms with Crippen LogP contribution in [0, 0.1) is 0 Å². The molecule has 1 N–H and O–H groups in total. The molecule has 0 atom stereocenters. The number of nitrogens with one attached hydrogen (secondary N) is 1. The van der Waals surface area contributed by atoms with Crippen LogP contribution >= 0.6 is 0 Å². The minimum absolute atomic E-state index is 1.12. The molecule has 0 unspecified atom stereocenters. The standard InChI is InChI=1S/C16H19N/c1-3-9-13-14-11-7-5-6-8-12-16(14)17-15(13)10-4-2/h3-4,7-12,17H,5-6H2,1-2H3/b9-3-,10-4-,11-7-,12-8?. The predicted molar refractivity (Wildman–Crippen MR) is 77.5 cm³/mol. The summed E-state index contributed by atoms with van der Waals surface area (Å²) in [6, 6.07) is 0. The van der Waals surface area contributed by atoms with Crippen molar-refractivity contribution in [3.63, 3.8) is 0 Å². The monoisotopic (exact) mass is 225 g/mol. The van der Waals surface area contributed by atoms with Gasteiger partial charge < -0.3 is 4.98 Å². The van der Waals surface area contributed by atoms with Gasteiger partial charge in [0.1, 0.15) is 0 Å². The van der Waals surface area contributed by atoms with E-state index in [0.717, 1.165) is 12.8 Å². The molecule has 2 rings (SSSR count). The first-order chi connectivity index (χ1) is 8.36. The van der Waals surface area contributed by atoms with Gasteiger partial charge in [-0.15, -0.1) is 0 Å². The summed E-state index contributed by atoms with van der Waals surface area (Å²) >= 11 is 0. The van der Waals surface area contributed by atoms with Gasteiger partial charge in [0, 0.05) is 22.5 Å². The highest BCUT2D eigenvalue weighted by atomic mass is 14.7. The Kier molecular flexibility index (Phi) is 3.81. The van der Waals surface area contributed by atoms with Crippen LogP contribution in [0.1, 0.15) is 49.2 Å². The van der Waals surface area contributed by atoms with Crippen LogP contribution in [0.4, 0.5) is 0 Å².